The predicted octanol–water partition coefficient (Wildman–Crippen LogP) is 7.16. The van der Waals surface area contributed by atoms with Crippen LogP contribution in [0.1, 0.15) is 57.9 Å². The second-order valence-electron chi connectivity index (χ2n) is 8.31. The fourth-order valence-electron chi connectivity index (χ4n) is 2.96. The molecule has 0 saturated heterocycles. The summed E-state index contributed by atoms with van der Waals surface area (Å²) in [6, 6.07) is 19.2. The van der Waals surface area contributed by atoms with Crippen LogP contribution in [0, 0.1) is 6.92 Å². The molecule has 0 spiro atoms. The standard InChI is InChI=1S/C14H10F3NO.C10H10O2.C6H7F3O2/c1-9-11(7-8-12(18-9)14(15,16)17)13(19)10-5-3-2-4-6-10;1-8(11)7-10(12)9-5-3-2-4-6-9;1-2-11-4-3-5(10)6(7,8)9/h2-8H,1H3;2-6H,7H2,1H3;3-4H,2H2,1H3/b;;4-3+. The van der Waals surface area contributed by atoms with E-state index in [4.69, 9.17) is 0 Å². The number of aromatic nitrogens is 1. The third-order valence-corrected chi connectivity index (χ3v) is 4.92. The zero-order chi connectivity index (χ0) is 31.9. The summed E-state index contributed by atoms with van der Waals surface area (Å²) in [6.45, 7) is 4.65. The Morgan fingerprint density at radius 3 is 1.76 bits per heavy atom. The van der Waals surface area contributed by atoms with Crippen LogP contribution in [0.25, 0.3) is 0 Å². The van der Waals surface area contributed by atoms with E-state index in [2.05, 4.69) is 9.72 Å². The number of hydrogen-bond acceptors (Lipinski definition) is 6. The normalized spacial score (nSPS) is 11.0. The lowest BCUT2D eigenvalue weighted by molar-refractivity contribution is -0.165. The Labute approximate surface area is 238 Å². The highest BCUT2D eigenvalue weighted by Crippen LogP contribution is 2.28. The van der Waals surface area contributed by atoms with Crippen molar-refractivity contribution in [2.75, 3.05) is 6.61 Å². The van der Waals surface area contributed by atoms with Gasteiger partial charge in [-0.05, 0) is 32.9 Å². The Morgan fingerprint density at radius 1 is 0.810 bits per heavy atom. The maximum Gasteiger partial charge on any atom is 0.454 e. The van der Waals surface area contributed by atoms with Crippen molar-refractivity contribution in [3.63, 3.8) is 0 Å². The molecule has 0 amide bonds. The molecule has 0 aliphatic carbocycles. The van der Waals surface area contributed by atoms with E-state index < -0.39 is 23.8 Å². The van der Waals surface area contributed by atoms with Crippen LogP contribution < -0.4 is 0 Å². The first-order chi connectivity index (χ1) is 19.6. The van der Waals surface area contributed by atoms with Crippen molar-refractivity contribution in [3.8, 4) is 0 Å². The van der Waals surface area contributed by atoms with Gasteiger partial charge in [0.2, 0.25) is 0 Å². The van der Waals surface area contributed by atoms with Crippen molar-refractivity contribution in [2.24, 2.45) is 0 Å². The Kier molecular flexibility index (Phi) is 14.0. The zero-order valence-corrected chi connectivity index (χ0v) is 22.8. The summed E-state index contributed by atoms with van der Waals surface area (Å²) in [4.78, 5) is 47.4. The number of pyridine rings is 1. The van der Waals surface area contributed by atoms with E-state index in [0.29, 0.717) is 17.2 Å². The van der Waals surface area contributed by atoms with Gasteiger partial charge in [0.1, 0.15) is 11.5 Å². The van der Waals surface area contributed by atoms with E-state index in [1.54, 1.807) is 61.5 Å². The molecule has 0 radical (unpaired) electrons. The zero-order valence-electron chi connectivity index (χ0n) is 22.8. The van der Waals surface area contributed by atoms with Gasteiger partial charge < -0.3 is 4.74 Å². The van der Waals surface area contributed by atoms with Crippen LogP contribution in [0.3, 0.4) is 0 Å². The molecular formula is C30H27F6NO5. The molecule has 42 heavy (non-hydrogen) atoms. The minimum absolute atomic E-state index is 0.00398. The molecular weight excluding hydrogens is 568 g/mol. The SMILES string of the molecule is CC(=O)CC(=O)c1ccccc1.CCO/C=C/C(=O)C(F)(F)F.Cc1nc(C(F)(F)F)ccc1C(=O)c1ccccc1. The molecule has 12 heteroatoms. The van der Waals surface area contributed by atoms with Crippen LogP contribution in [0.15, 0.2) is 85.1 Å². The monoisotopic (exact) mass is 595 g/mol. The molecule has 3 rings (SSSR count). The summed E-state index contributed by atoms with van der Waals surface area (Å²) < 4.78 is 76.1. The Bertz CT molecular complexity index is 1370. The molecule has 0 fully saturated rings. The van der Waals surface area contributed by atoms with E-state index in [-0.39, 0.29) is 41.6 Å². The highest BCUT2D eigenvalue weighted by Gasteiger charge is 2.36. The first-order valence-corrected chi connectivity index (χ1v) is 12.2. The van der Waals surface area contributed by atoms with E-state index in [1.807, 2.05) is 6.07 Å². The van der Waals surface area contributed by atoms with Gasteiger partial charge in [-0.2, -0.15) is 26.3 Å². The third kappa shape index (κ3) is 12.7. The van der Waals surface area contributed by atoms with Crippen molar-refractivity contribution < 1.29 is 50.3 Å². The van der Waals surface area contributed by atoms with Crippen molar-refractivity contribution in [3.05, 3.63) is 113 Å². The molecule has 0 N–H and O–H groups in total. The van der Waals surface area contributed by atoms with E-state index in [9.17, 15) is 45.5 Å². The molecule has 0 aliphatic heterocycles. The van der Waals surface area contributed by atoms with Gasteiger partial charge in [0.15, 0.2) is 11.6 Å². The molecule has 6 nitrogen and oxygen atoms in total. The number of nitrogens with zero attached hydrogens (tertiary/aromatic N) is 1. The second-order valence-corrected chi connectivity index (χ2v) is 8.31. The van der Waals surface area contributed by atoms with Crippen LogP contribution in [0.5, 0.6) is 0 Å². The molecule has 3 aromatic rings. The minimum atomic E-state index is -4.80. The summed E-state index contributed by atoms with van der Waals surface area (Å²) in [6.07, 6.45) is -8.21. The van der Waals surface area contributed by atoms with Crippen LogP contribution >= 0.6 is 0 Å². The van der Waals surface area contributed by atoms with Gasteiger partial charge in [0, 0.05) is 28.5 Å². The maximum absolute atomic E-state index is 12.5. The van der Waals surface area contributed by atoms with Crippen LogP contribution in [0.4, 0.5) is 26.3 Å². The highest BCUT2D eigenvalue weighted by molar-refractivity contribution is 6.09. The van der Waals surface area contributed by atoms with Gasteiger partial charge in [-0.25, -0.2) is 4.98 Å². The topological polar surface area (TPSA) is 90.4 Å². The summed E-state index contributed by atoms with van der Waals surface area (Å²) in [5, 5.41) is 0. The van der Waals surface area contributed by atoms with E-state index >= 15 is 0 Å². The number of aryl methyl sites for hydroxylation is 1. The lowest BCUT2D eigenvalue weighted by Gasteiger charge is -2.09. The van der Waals surface area contributed by atoms with Crippen LogP contribution in [-0.2, 0) is 20.5 Å². The smallest absolute Gasteiger partial charge is 0.454 e. The van der Waals surface area contributed by atoms with Gasteiger partial charge in [0.25, 0.3) is 5.78 Å². The average Bonchev–Trinajstić information content (AvgIpc) is 2.93. The third-order valence-electron chi connectivity index (χ3n) is 4.92. The van der Waals surface area contributed by atoms with Crippen molar-refractivity contribution in [2.45, 2.75) is 39.5 Å². The number of benzene rings is 2. The first kappa shape index (κ1) is 35.4. The lowest BCUT2D eigenvalue weighted by atomic mass is 10.0. The molecule has 0 atom stereocenters. The molecule has 0 saturated carbocycles. The predicted molar refractivity (Wildman–Crippen MR) is 142 cm³/mol. The first-order valence-electron chi connectivity index (χ1n) is 12.2. The van der Waals surface area contributed by atoms with Crippen LogP contribution in [0.2, 0.25) is 0 Å². The number of carbonyl (C=O) groups excluding carboxylic acids is 4. The van der Waals surface area contributed by atoms with E-state index in [1.165, 1.54) is 19.9 Å². The number of hydrogen-bond donors (Lipinski definition) is 0. The van der Waals surface area contributed by atoms with Crippen molar-refractivity contribution >= 4 is 23.1 Å². The highest BCUT2D eigenvalue weighted by atomic mass is 19.4. The molecule has 2 aromatic carbocycles. The quantitative estimate of drug-likeness (QED) is 0.0903. The van der Waals surface area contributed by atoms with Gasteiger partial charge >= 0.3 is 12.4 Å². The largest absolute Gasteiger partial charge is 0.501 e. The second kappa shape index (κ2) is 16.6. The number of ketones is 4. The number of halogens is 6. The Morgan fingerprint density at radius 2 is 1.33 bits per heavy atom. The Balaban J connectivity index is 0.000000334. The number of alkyl halides is 6. The molecule has 224 valence electrons. The molecule has 0 aliphatic rings. The molecule has 0 bridgehead atoms. The van der Waals surface area contributed by atoms with Crippen molar-refractivity contribution in [1.29, 1.82) is 0 Å². The van der Waals surface area contributed by atoms with Gasteiger partial charge in [-0.15, -0.1) is 0 Å². The van der Waals surface area contributed by atoms with Gasteiger partial charge in [-0.3, -0.25) is 19.2 Å². The number of Topliss-reactive ketones (excluding diaryl/α,β-unsaturated/α-hetero) is 2. The molecule has 1 heterocycles. The summed E-state index contributed by atoms with van der Waals surface area (Å²) in [5.74, 6) is -2.45. The van der Waals surface area contributed by atoms with Crippen molar-refractivity contribution in [1.82, 2.24) is 4.98 Å². The summed E-state index contributed by atoms with van der Waals surface area (Å²) in [5.41, 5.74) is 0.289. The molecule has 1 aromatic heterocycles. The number of ether oxygens (including phenoxy) is 1. The molecule has 0 unspecified atom stereocenters. The number of allylic oxidation sites excluding steroid dienone is 1. The fraction of sp³-hybridized carbons (Fsp3) is 0.233. The fourth-order valence-corrected chi connectivity index (χ4v) is 2.96. The number of rotatable bonds is 8. The maximum atomic E-state index is 12.5. The summed E-state index contributed by atoms with van der Waals surface area (Å²) in [7, 11) is 0. The Hall–Kier alpha value is -4.61. The van der Waals surface area contributed by atoms with Gasteiger partial charge in [0.05, 0.1) is 19.3 Å². The van der Waals surface area contributed by atoms with Crippen LogP contribution in [-0.4, -0.2) is 40.9 Å². The summed E-state index contributed by atoms with van der Waals surface area (Å²) >= 11 is 0. The number of carbonyl (C=O) groups is 4. The average molecular weight is 596 g/mol. The lowest BCUT2D eigenvalue weighted by Crippen LogP contribution is -2.19. The minimum Gasteiger partial charge on any atom is -0.501 e. The van der Waals surface area contributed by atoms with Gasteiger partial charge in [-0.1, -0.05) is 60.7 Å². The van der Waals surface area contributed by atoms with E-state index in [0.717, 1.165) is 12.3 Å².